The normalized spacial score (nSPS) is 13.5. The Morgan fingerprint density at radius 2 is 1.58 bits per heavy atom. The largest absolute Gasteiger partial charge is 0.328 e. The molecule has 74 valence electrons. The van der Waals surface area contributed by atoms with Crippen LogP contribution in [0.25, 0.3) is 0 Å². The van der Waals surface area contributed by atoms with E-state index in [4.69, 9.17) is 0 Å². The molecule has 0 aliphatic carbocycles. The first kappa shape index (κ1) is 12.0. The lowest BCUT2D eigenvalue weighted by Gasteiger charge is -2.36. The van der Waals surface area contributed by atoms with Crippen LogP contribution >= 0.6 is 0 Å². The fraction of sp³-hybridized carbons (Fsp3) is 1.00. The summed E-state index contributed by atoms with van der Waals surface area (Å²) >= 11 is 0. The van der Waals surface area contributed by atoms with Crippen molar-refractivity contribution < 1.29 is 4.48 Å². The Bertz CT molecular complexity index is 125. The van der Waals surface area contributed by atoms with E-state index in [1.807, 2.05) is 0 Å². The van der Waals surface area contributed by atoms with Crippen molar-refractivity contribution in [2.24, 2.45) is 5.41 Å². The first-order valence-corrected chi connectivity index (χ1v) is 5.15. The standard InChI is InChI=1S/C11H26N/c1-7-9-11(3,4)10-12(5,6)8-2/h7-10H2,1-6H3/q+1. The summed E-state index contributed by atoms with van der Waals surface area (Å²) in [5.74, 6) is 0. The minimum Gasteiger partial charge on any atom is -0.328 e. The third kappa shape index (κ3) is 4.76. The Labute approximate surface area is 78.4 Å². The molecule has 0 aliphatic rings. The molecule has 12 heavy (non-hydrogen) atoms. The monoisotopic (exact) mass is 172 g/mol. The molecule has 0 aromatic rings. The van der Waals surface area contributed by atoms with Gasteiger partial charge in [-0.25, -0.2) is 0 Å². The van der Waals surface area contributed by atoms with Crippen molar-refractivity contribution in [3.63, 3.8) is 0 Å². The van der Waals surface area contributed by atoms with E-state index in [1.54, 1.807) is 0 Å². The van der Waals surface area contributed by atoms with Crippen molar-refractivity contribution in [3.8, 4) is 0 Å². The SMILES string of the molecule is CCCC(C)(C)C[N+](C)(C)CC. The molecule has 0 saturated carbocycles. The van der Waals surface area contributed by atoms with Crippen LogP contribution in [0.2, 0.25) is 0 Å². The van der Waals surface area contributed by atoms with Crippen molar-refractivity contribution in [2.45, 2.75) is 40.5 Å². The molecule has 0 N–H and O–H groups in total. The van der Waals surface area contributed by atoms with Gasteiger partial charge in [-0.1, -0.05) is 27.2 Å². The smallest absolute Gasteiger partial charge is 0.0834 e. The highest BCUT2D eigenvalue weighted by Crippen LogP contribution is 2.25. The Balaban J connectivity index is 4.04. The van der Waals surface area contributed by atoms with Gasteiger partial charge in [0.2, 0.25) is 0 Å². The minimum absolute atomic E-state index is 0.508. The molecule has 1 heteroatoms. The van der Waals surface area contributed by atoms with Gasteiger partial charge in [-0.2, -0.15) is 0 Å². The predicted molar refractivity (Wildman–Crippen MR) is 56.2 cm³/mol. The number of quaternary nitrogens is 1. The molecular formula is C11H26N+. The van der Waals surface area contributed by atoms with Gasteiger partial charge in [0.25, 0.3) is 0 Å². The van der Waals surface area contributed by atoms with Gasteiger partial charge in [0.1, 0.15) is 0 Å². The molecule has 0 unspecified atom stereocenters. The van der Waals surface area contributed by atoms with Crippen molar-refractivity contribution in [2.75, 3.05) is 27.2 Å². The van der Waals surface area contributed by atoms with Crippen LogP contribution in [0.1, 0.15) is 40.5 Å². The minimum atomic E-state index is 0.508. The summed E-state index contributed by atoms with van der Waals surface area (Å²) in [4.78, 5) is 0. The van der Waals surface area contributed by atoms with E-state index in [1.165, 1.54) is 25.9 Å². The van der Waals surface area contributed by atoms with E-state index < -0.39 is 0 Å². The fourth-order valence-electron chi connectivity index (χ4n) is 2.03. The quantitative estimate of drug-likeness (QED) is 0.559. The summed E-state index contributed by atoms with van der Waals surface area (Å²) in [5.41, 5.74) is 0.508. The van der Waals surface area contributed by atoms with Gasteiger partial charge in [-0.3, -0.25) is 0 Å². The zero-order chi connectivity index (χ0) is 9.83. The Morgan fingerprint density at radius 1 is 1.08 bits per heavy atom. The summed E-state index contributed by atoms with van der Waals surface area (Å²) in [5, 5.41) is 0. The molecule has 0 heterocycles. The third-order valence-corrected chi connectivity index (χ3v) is 2.64. The molecule has 1 nitrogen and oxygen atoms in total. The van der Waals surface area contributed by atoms with Crippen molar-refractivity contribution in [1.82, 2.24) is 0 Å². The summed E-state index contributed by atoms with van der Waals surface area (Å²) in [6, 6.07) is 0. The van der Waals surface area contributed by atoms with Gasteiger partial charge in [0.05, 0.1) is 27.2 Å². The Kier molecular flexibility index (Phi) is 4.25. The molecular weight excluding hydrogens is 146 g/mol. The molecule has 0 aliphatic heterocycles. The number of nitrogens with zero attached hydrogens (tertiary/aromatic N) is 1. The molecule has 0 atom stereocenters. The average molecular weight is 172 g/mol. The fourth-order valence-corrected chi connectivity index (χ4v) is 2.03. The number of rotatable bonds is 5. The van der Waals surface area contributed by atoms with Crippen LogP contribution in [0, 0.1) is 5.41 Å². The predicted octanol–water partition coefficient (Wildman–Crippen LogP) is 2.91. The lowest BCUT2D eigenvalue weighted by atomic mass is 9.87. The molecule has 0 aromatic heterocycles. The summed E-state index contributed by atoms with van der Waals surface area (Å²) in [7, 11) is 4.63. The zero-order valence-electron chi connectivity index (χ0n) is 9.78. The van der Waals surface area contributed by atoms with Gasteiger partial charge in [0, 0.05) is 5.41 Å². The molecule has 0 radical (unpaired) electrons. The number of hydrogen-bond donors (Lipinski definition) is 0. The van der Waals surface area contributed by atoms with Gasteiger partial charge in [-0.05, 0) is 13.3 Å². The summed E-state index contributed by atoms with van der Waals surface area (Å²) in [6.07, 6.45) is 2.64. The Morgan fingerprint density at radius 3 is 1.92 bits per heavy atom. The maximum Gasteiger partial charge on any atom is 0.0834 e. The van der Waals surface area contributed by atoms with Crippen LogP contribution in [-0.2, 0) is 0 Å². The highest BCUT2D eigenvalue weighted by Gasteiger charge is 2.26. The first-order valence-electron chi connectivity index (χ1n) is 5.15. The van der Waals surface area contributed by atoms with Crippen molar-refractivity contribution in [3.05, 3.63) is 0 Å². The highest BCUT2D eigenvalue weighted by molar-refractivity contribution is 4.66. The second kappa shape index (κ2) is 4.27. The van der Waals surface area contributed by atoms with Gasteiger partial charge in [0.15, 0.2) is 0 Å². The zero-order valence-corrected chi connectivity index (χ0v) is 9.78. The van der Waals surface area contributed by atoms with E-state index in [9.17, 15) is 0 Å². The second-order valence-corrected chi connectivity index (χ2v) is 5.32. The van der Waals surface area contributed by atoms with Crippen LogP contribution in [-0.4, -0.2) is 31.7 Å². The lowest BCUT2D eigenvalue weighted by Crippen LogP contribution is -2.46. The first-order chi connectivity index (χ1) is 5.33. The van der Waals surface area contributed by atoms with Crippen LogP contribution < -0.4 is 0 Å². The van der Waals surface area contributed by atoms with E-state index in [-0.39, 0.29) is 0 Å². The summed E-state index contributed by atoms with van der Waals surface area (Å²) < 4.78 is 1.15. The van der Waals surface area contributed by atoms with E-state index in [0.29, 0.717) is 5.41 Å². The maximum absolute atomic E-state index is 2.38. The van der Waals surface area contributed by atoms with Crippen LogP contribution in [0.15, 0.2) is 0 Å². The van der Waals surface area contributed by atoms with Gasteiger partial charge < -0.3 is 4.48 Å². The summed E-state index contributed by atoms with van der Waals surface area (Å²) in [6.45, 7) is 11.8. The van der Waals surface area contributed by atoms with E-state index in [2.05, 4.69) is 41.8 Å². The number of hydrogen-bond acceptors (Lipinski definition) is 0. The second-order valence-electron chi connectivity index (χ2n) is 5.32. The molecule has 0 bridgehead atoms. The van der Waals surface area contributed by atoms with Crippen molar-refractivity contribution >= 4 is 0 Å². The lowest BCUT2D eigenvalue weighted by molar-refractivity contribution is -0.894. The Hall–Kier alpha value is -0.0400. The molecule has 0 amide bonds. The van der Waals surface area contributed by atoms with E-state index in [0.717, 1.165) is 4.48 Å². The van der Waals surface area contributed by atoms with E-state index >= 15 is 0 Å². The van der Waals surface area contributed by atoms with Crippen LogP contribution in [0.5, 0.6) is 0 Å². The van der Waals surface area contributed by atoms with Crippen molar-refractivity contribution in [1.29, 1.82) is 0 Å². The topological polar surface area (TPSA) is 0 Å². The molecule has 0 aromatic carbocycles. The van der Waals surface area contributed by atoms with Crippen LogP contribution in [0.3, 0.4) is 0 Å². The third-order valence-electron chi connectivity index (χ3n) is 2.64. The molecule has 0 spiro atoms. The maximum atomic E-state index is 2.38. The molecule has 0 saturated heterocycles. The highest BCUT2D eigenvalue weighted by atomic mass is 15.3. The molecule has 0 fully saturated rings. The average Bonchev–Trinajstić information content (AvgIpc) is 1.85. The van der Waals surface area contributed by atoms with Gasteiger partial charge >= 0.3 is 0 Å². The van der Waals surface area contributed by atoms with Crippen LogP contribution in [0.4, 0.5) is 0 Å². The van der Waals surface area contributed by atoms with Gasteiger partial charge in [-0.15, -0.1) is 0 Å². The molecule has 0 rings (SSSR count).